The molecule has 0 heterocycles. The lowest BCUT2D eigenvalue weighted by molar-refractivity contribution is -0.140. The highest BCUT2D eigenvalue weighted by atomic mass is 35.5. The van der Waals surface area contributed by atoms with Crippen molar-refractivity contribution in [3.05, 3.63) is 64.7 Å². The second-order valence-electron chi connectivity index (χ2n) is 9.17. The van der Waals surface area contributed by atoms with E-state index in [0.717, 1.165) is 21.7 Å². The molecule has 9 heteroatoms. The number of nitrogens with zero attached hydrogens (tertiary/aromatic N) is 2. The zero-order chi connectivity index (χ0) is 25.0. The third-order valence-electron chi connectivity index (χ3n) is 4.93. The first-order valence-electron chi connectivity index (χ1n) is 10.6. The summed E-state index contributed by atoms with van der Waals surface area (Å²) in [6, 6.07) is 13.0. The molecule has 7 nitrogen and oxygen atoms in total. The van der Waals surface area contributed by atoms with Crippen molar-refractivity contribution in [2.45, 2.75) is 52.7 Å². The van der Waals surface area contributed by atoms with Gasteiger partial charge in [-0.3, -0.25) is 13.9 Å². The Morgan fingerprint density at radius 1 is 1.03 bits per heavy atom. The van der Waals surface area contributed by atoms with Crippen molar-refractivity contribution < 1.29 is 18.0 Å². The molecule has 0 radical (unpaired) electrons. The van der Waals surface area contributed by atoms with Crippen LogP contribution >= 0.6 is 11.6 Å². The van der Waals surface area contributed by atoms with Crippen molar-refractivity contribution >= 4 is 39.1 Å². The summed E-state index contributed by atoms with van der Waals surface area (Å²) in [6.45, 7) is 8.78. The number of benzene rings is 2. The summed E-state index contributed by atoms with van der Waals surface area (Å²) in [4.78, 5) is 27.7. The van der Waals surface area contributed by atoms with Crippen LogP contribution < -0.4 is 9.62 Å². The lowest BCUT2D eigenvalue weighted by atomic mass is 10.1. The number of rotatable bonds is 8. The highest BCUT2D eigenvalue weighted by Crippen LogP contribution is 2.20. The number of anilines is 1. The predicted molar refractivity (Wildman–Crippen MR) is 133 cm³/mol. The Balaban J connectivity index is 2.38. The van der Waals surface area contributed by atoms with Crippen LogP contribution in [0.3, 0.4) is 0 Å². The Morgan fingerprint density at radius 2 is 1.58 bits per heavy atom. The number of sulfonamides is 1. The largest absolute Gasteiger partial charge is 0.350 e. The van der Waals surface area contributed by atoms with Crippen molar-refractivity contribution in [1.82, 2.24) is 10.2 Å². The zero-order valence-electron chi connectivity index (χ0n) is 19.9. The summed E-state index contributed by atoms with van der Waals surface area (Å²) in [5, 5.41) is 3.44. The van der Waals surface area contributed by atoms with Crippen LogP contribution in [0, 0.1) is 6.92 Å². The van der Waals surface area contributed by atoms with Gasteiger partial charge in [-0.2, -0.15) is 0 Å². The highest BCUT2D eigenvalue weighted by Gasteiger charge is 2.31. The molecule has 1 unspecified atom stereocenters. The van der Waals surface area contributed by atoms with Crippen LogP contribution in [0.4, 0.5) is 5.69 Å². The Hall–Kier alpha value is -2.58. The molecular weight excluding hydrogens is 462 g/mol. The van der Waals surface area contributed by atoms with Gasteiger partial charge in [-0.25, -0.2) is 8.42 Å². The van der Waals surface area contributed by atoms with Crippen molar-refractivity contribution in [2.75, 3.05) is 17.1 Å². The smallest absolute Gasteiger partial charge is 0.244 e. The summed E-state index contributed by atoms with van der Waals surface area (Å²) < 4.78 is 26.1. The van der Waals surface area contributed by atoms with Crippen LogP contribution in [0.15, 0.2) is 48.5 Å². The van der Waals surface area contributed by atoms with Gasteiger partial charge in [-0.1, -0.05) is 41.4 Å². The van der Waals surface area contributed by atoms with Crippen LogP contribution in [-0.4, -0.2) is 49.5 Å². The standard InChI is InChI=1S/C24H32ClN3O4S/c1-17-7-13-21(14-8-17)28(33(6,31)32)16-22(29)27(15-19-9-11-20(25)12-10-19)18(2)23(30)26-24(3,4)5/h7-14,18H,15-16H2,1-6H3,(H,26,30). The third-order valence-corrected chi connectivity index (χ3v) is 6.33. The van der Waals surface area contributed by atoms with E-state index in [0.29, 0.717) is 10.7 Å². The number of aryl methyl sites for hydroxylation is 1. The van der Waals surface area contributed by atoms with E-state index in [1.54, 1.807) is 55.5 Å². The second-order valence-corrected chi connectivity index (χ2v) is 11.5. The Kier molecular flexibility index (Phi) is 8.54. The van der Waals surface area contributed by atoms with E-state index >= 15 is 0 Å². The van der Waals surface area contributed by atoms with E-state index in [1.165, 1.54) is 4.90 Å². The lowest BCUT2D eigenvalue weighted by Gasteiger charge is -2.33. The molecule has 0 aromatic heterocycles. The van der Waals surface area contributed by atoms with Gasteiger partial charge in [0.15, 0.2) is 0 Å². The maximum absolute atomic E-state index is 13.4. The first-order chi connectivity index (χ1) is 15.2. The SMILES string of the molecule is Cc1ccc(N(CC(=O)N(Cc2ccc(Cl)cc2)C(C)C(=O)NC(C)(C)C)S(C)(=O)=O)cc1. The van der Waals surface area contributed by atoms with Crippen LogP contribution in [0.1, 0.15) is 38.8 Å². The number of amides is 2. The molecule has 0 bridgehead atoms. The van der Waals surface area contributed by atoms with E-state index < -0.39 is 34.1 Å². The number of hydrogen-bond donors (Lipinski definition) is 1. The van der Waals surface area contributed by atoms with Crippen LogP contribution in [-0.2, 0) is 26.2 Å². The molecular formula is C24H32ClN3O4S. The summed E-state index contributed by atoms with van der Waals surface area (Å²) in [6.07, 6.45) is 1.05. The van der Waals surface area contributed by atoms with Gasteiger partial charge in [0, 0.05) is 17.1 Å². The first-order valence-corrected chi connectivity index (χ1v) is 12.8. The third kappa shape index (κ3) is 8.05. The molecule has 0 aliphatic heterocycles. The molecule has 2 aromatic rings. The summed E-state index contributed by atoms with van der Waals surface area (Å²) in [5.74, 6) is -0.821. The fourth-order valence-corrected chi connectivity index (χ4v) is 4.14. The van der Waals surface area contributed by atoms with Crippen molar-refractivity contribution in [3.8, 4) is 0 Å². The average Bonchev–Trinajstić information content (AvgIpc) is 2.69. The number of carbonyl (C=O) groups excluding carboxylic acids is 2. The fraction of sp³-hybridized carbons (Fsp3) is 0.417. The summed E-state index contributed by atoms with van der Waals surface area (Å²) in [7, 11) is -3.74. The molecule has 0 aliphatic rings. The highest BCUT2D eigenvalue weighted by molar-refractivity contribution is 7.92. The maximum atomic E-state index is 13.4. The Morgan fingerprint density at radius 3 is 2.06 bits per heavy atom. The lowest BCUT2D eigenvalue weighted by Crippen LogP contribution is -2.54. The van der Waals surface area contributed by atoms with E-state index in [9.17, 15) is 18.0 Å². The maximum Gasteiger partial charge on any atom is 0.244 e. The molecule has 33 heavy (non-hydrogen) atoms. The molecule has 1 atom stereocenters. The molecule has 2 aromatic carbocycles. The zero-order valence-corrected chi connectivity index (χ0v) is 21.5. The van der Waals surface area contributed by atoms with E-state index in [4.69, 9.17) is 11.6 Å². The second kappa shape index (κ2) is 10.6. The van der Waals surface area contributed by atoms with Crippen LogP contribution in [0.2, 0.25) is 5.02 Å². The van der Waals surface area contributed by atoms with Crippen molar-refractivity contribution in [3.63, 3.8) is 0 Å². The average molecular weight is 494 g/mol. The number of hydrogen-bond acceptors (Lipinski definition) is 4. The number of halogens is 1. The summed E-state index contributed by atoms with van der Waals surface area (Å²) in [5.41, 5.74) is 1.63. The quantitative estimate of drug-likeness (QED) is 0.606. The first kappa shape index (κ1) is 26.7. The van der Waals surface area contributed by atoms with Gasteiger partial charge in [0.2, 0.25) is 21.8 Å². The number of nitrogens with one attached hydrogen (secondary N) is 1. The monoisotopic (exact) mass is 493 g/mol. The van der Waals surface area contributed by atoms with Crippen molar-refractivity contribution in [1.29, 1.82) is 0 Å². The van der Waals surface area contributed by atoms with E-state index in [1.807, 2.05) is 27.7 Å². The van der Waals surface area contributed by atoms with Gasteiger partial charge in [0.1, 0.15) is 12.6 Å². The molecule has 0 aliphatic carbocycles. The predicted octanol–water partition coefficient (Wildman–Crippen LogP) is 3.75. The molecule has 2 rings (SSSR count). The fourth-order valence-electron chi connectivity index (χ4n) is 3.17. The van der Waals surface area contributed by atoms with Crippen molar-refractivity contribution in [2.24, 2.45) is 0 Å². The van der Waals surface area contributed by atoms with Gasteiger partial charge in [0.25, 0.3) is 0 Å². The topological polar surface area (TPSA) is 86.8 Å². The molecule has 180 valence electrons. The van der Waals surface area contributed by atoms with Gasteiger partial charge < -0.3 is 10.2 Å². The number of carbonyl (C=O) groups is 2. The molecule has 2 amide bonds. The minimum atomic E-state index is -3.74. The Labute approximate surface area is 201 Å². The molecule has 0 saturated carbocycles. The van der Waals surface area contributed by atoms with Gasteiger partial charge in [-0.05, 0) is 64.4 Å². The van der Waals surface area contributed by atoms with Gasteiger partial charge >= 0.3 is 0 Å². The molecule has 0 fully saturated rings. The van der Waals surface area contributed by atoms with Crippen LogP contribution in [0.5, 0.6) is 0 Å². The van der Waals surface area contributed by atoms with E-state index in [-0.39, 0.29) is 12.5 Å². The minimum Gasteiger partial charge on any atom is -0.350 e. The minimum absolute atomic E-state index is 0.125. The molecule has 0 spiro atoms. The van der Waals surface area contributed by atoms with Crippen LogP contribution in [0.25, 0.3) is 0 Å². The normalized spacial score (nSPS) is 12.7. The van der Waals surface area contributed by atoms with Gasteiger partial charge in [0.05, 0.1) is 11.9 Å². The summed E-state index contributed by atoms with van der Waals surface area (Å²) >= 11 is 5.98. The molecule has 1 N–H and O–H groups in total. The van der Waals surface area contributed by atoms with E-state index in [2.05, 4.69) is 5.32 Å². The van der Waals surface area contributed by atoms with Gasteiger partial charge in [-0.15, -0.1) is 0 Å². The molecule has 0 saturated heterocycles. The Bertz CT molecular complexity index is 1080.